The molecule has 4 saturated carbocycles. The molecular formula is C30H34N4O2. The number of H-pyrrole nitrogens is 1. The van der Waals surface area contributed by atoms with Crippen LogP contribution < -0.4 is 11.1 Å². The van der Waals surface area contributed by atoms with Crippen LogP contribution in [0.3, 0.4) is 0 Å². The molecule has 6 nitrogen and oxygen atoms in total. The lowest BCUT2D eigenvalue weighted by atomic mass is 9.73. The molecule has 3 aromatic rings. The second-order valence-electron chi connectivity index (χ2n) is 12.5. The monoisotopic (exact) mass is 482 g/mol. The van der Waals surface area contributed by atoms with Crippen molar-refractivity contribution in [3.63, 3.8) is 0 Å². The lowest BCUT2D eigenvalue weighted by molar-refractivity contribution is -0.0816. The van der Waals surface area contributed by atoms with Gasteiger partial charge in [0.1, 0.15) is 5.69 Å². The van der Waals surface area contributed by atoms with Gasteiger partial charge < -0.3 is 9.55 Å². The molecule has 2 aliphatic heterocycles. The number of piperidine rings is 2. The molecular weight excluding hydrogens is 448 g/mol. The average Bonchev–Trinajstić information content (AvgIpc) is 3.27. The third kappa shape index (κ3) is 2.97. The summed E-state index contributed by atoms with van der Waals surface area (Å²) < 4.78 is 2.07. The second kappa shape index (κ2) is 7.64. The van der Waals surface area contributed by atoms with Crippen molar-refractivity contribution in [1.29, 1.82) is 0 Å². The van der Waals surface area contributed by atoms with E-state index < -0.39 is 0 Å². The number of hydrogen-bond donors (Lipinski definition) is 1. The van der Waals surface area contributed by atoms with E-state index in [-0.39, 0.29) is 17.2 Å². The Bertz CT molecular complexity index is 1430. The number of hydrogen-bond acceptors (Lipinski definition) is 4. The molecule has 7 atom stereocenters. The number of aromatic amines is 1. The van der Waals surface area contributed by atoms with Crippen molar-refractivity contribution >= 4 is 11.0 Å². The Kier molecular flexibility index (Phi) is 4.53. The molecule has 6 fully saturated rings. The fourth-order valence-corrected chi connectivity index (χ4v) is 9.73. The van der Waals surface area contributed by atoms with E-state index in [4.69, 9.17) is 4.98 Å². The minimum atomic E-state index is -0.172. The molecule has 0 radical (unpaired) electrons. The summed E-state index contributed by atoms with van der Waals surface area (Å²) >= 11 is 0. The molecule has 6 aliphatic rings. The molecule has 4 aliphatic carbocycles. The molecule has 2 aromatic heterocycles. The molecule has 9 rings (SSSR count). The topological polar surface area (TPSA) is 71.0 Å². The highest BCUT2D eigenvalue weighted by atomic mass is 16.1. The predicted molar refractivity (Wildman–Crippen MR) is 140 cm³/mol. The van der Waals surface area contributed by atoms with E-state index in [0.29, 0.717) is 28.9 Å². The summed E-state index contributed by atoms with van der Waals surface area (Å²) in [6, 6.07) is 12.6. The van der Waals surface area contributed by atoms with Gasteiger partial charge in [-0.25, -0.2) is 4.98 Å². The van der Waals surface area contributed by atoms with E-state index in [1.807, 2.05) is 18.2 Å². The number of pyridine rings is 1. The van der Waals surface area contributed by atoms with Gasteiger partial charge in [-0.15, -0.1) is 0 Å². The Morgan fingerprint density at radius 1 is 0.861 bits per heavy atom. The zero-order chi connectivity index (χ0) is 24.0. The van der Waals surface area contributed by atoms with E-state index in [9.17, 15) is 9.59 Å². The first-order valence-electron chi connectivity index (χ1n) is 14.1. The number of para-hydroxylation sites is 2. The van der Waals surface area contributed by atoms with Gasteiger partial charge in [0.25, 0.3) is 5.56 Å². The molecule has 0 amide bonds. The van der Waals surface area contributed by atoms with Gasteiger partial charge in [-0.2, -0.15) is 0 Å². The highest BCUT2D eigenvalue weighted by molar-refractivity contribution is 5.77. The molecule has 3 unspecified atom stereocenters. The standard InChI is InChI=1S/C30H34N4O2/c35-27-9-8-20(17-31-27)28-29(36)33(26-7-2-1-6-25(26)32-28)24-13-22-4-3-5-23(14-24)34(22)30-15-18-10-19(16-30)12-21(30)11-18/h1-2,6-9,17-19,21-24H,3-5,10-16H2,(H,31,35)/t18-,19+,21?,22-,23+,24?,30?. The molecule has 4 heterocycles. The van der Waals surface area contributed by atoms with Crippen molar-refractivity contribution < 1.29 is 0 Å². The maximum Gasteiger partial charge on any atom is 0.277 e. The van der Waals surface area contributed by atoms with Gasteiger partial charge in [-0.1, -0.05) is 18.6 Å². The molecule has 0 spiro atoms. The van der Waals surface area contributed by atoms with Crippen molar-refractivity contribution in [2.75, 3.05) is 0 Å². The van der Waals surface area contributed by atoms with Crippen LogP contribution in [-0.4, -0.2) is 37.1 Å². The average molecular weight is 483 g/mol. The molecule has 36 heavy (non-hydrogen) atoms. The van der Waals surface area contributed by atoms with Crippen LogP contribution in [0.25, 0.3) is 22.3 Å². The summed E-state index contributed by atoms with van der Waals surface area (Å²) in [5.74, 6) is 2.84. The highest BCUT2D eigenvalue weighted by Gasteiger charge is 2.63. The Morgan fingerprint density at radius 3 is 2.33 bits per heavy atom. The first-order chi connectivity index (χ1) is 17.6. The normalized spacial score (nSPS) is 37.1. The van der Waals surface area contributed by atoms with Crippen LogP contribution in [0.2, 0.25) is 0 Å². The lowest BCUT2D eigenvalue weighted by Gasteiger charge is -2.58. The van der Waals surface area contributed by atoms with Crippen LogP contribution in [0.4, 0.5) is 0 Å². The Balaban J connectivity index is 1.22. The zero-order valence-corrected chi connectivity index (χ0v) is 20.7. The first kappa shape index (κ1) is 21.4. The molecule has 2 saturated heterocycles. The van der Waals surface area contributed by atoms with Gasteiger partial charge in [-0.3, -0.25) is 14.5 Å². The van der Waals surface area contributed by atoms with Crippen LogP contribution in [0.1, 0.15) is 70.3 Å². The van der Waals surface area contributed by atoms with Crippen molar-refractivity contribution in [1.82, 2.24) is 19.4 Å². The number of aromatic nitrogens is 3. The third-order valence-electron chi connectivity index (χ3n) is 10.6. The maximum absolute atomic E-state index is 14.0. The summed E-state index contributed by atoms with van der Waals surface area (Å²) in [6.45, 7) is 0. The number of rotatable bonds is 3. The van der Waals surface area contributed by atoms with Crippen molar-refractivity contribution in [3.05, 3.63) is 63.3 Å². The third-order valence-corrected chi connectivity index (χ3v) is 10.6. The van der Waals surface area contributed by atoms with Crippen molar-refractivity contribution in [2.45, 2.75) is 87.9 Å². The smallest absolute Gasteiger partial charge is 0.277 e. The first-order valence-corrected chi connectivity index (χ1v) is 14.1. The molecule has 6 heteroatoms. The van der Waals surface area contributed by atoms with Gasteiger partial charge in [0, 0.05) is 41.5 Å². The quantitative estimate of drug-likeness (QED) is 0.577. The van der Waals surface area contributed by atoms with E-state index in [0.717, 1.165) is 41.6 Å². The van der Waals surface area contributed by atoms with Gasteiger partial charge in [0.2, 0.25) is 5.56 Å². The fraction of sp³-hybridized carbons (Fsp3) is 0.567. The van der Waals surface area contributed by atoms with E-state index in [2.05, 4.69) is 20.5 Å². The minimum absolute atomic E-state index is 0.0312. The van der Waals surface area contributed by atoms with Crippen LogP contribution in [0, 0.1) is 17.8 Å². The van der Waals surface area contributed by atoms with E-state index >= 15 is 0 Å². The maximum atomic E-state index is 14.0. The summed E-state index contributed by atoms with van der Waals surface area (Å²) in [7, 11) is 0. The Morgan fingerprint density at radius 2 is 1.61 bits per heavy atom. The predicted octanol–water partition coefficient (Wildman–Crippen LogP) is 4.89. The van der Waals surface area contributed by atoms with Gasteiger partial charge in [0.05, 0.1) is 11.0 Å². The number of benzene rings is 1. The summed E-state index contributed by atoms with van der Waals surface area (Å²) in [6.07, 6.45) is 14.9. The van der Waals surface area contributed by atoms with Crippen LogP contribution in [-0.2, 0) is 0 Å². The van der Waals surface area contributed by atoms with Crippen LogP contribution in [0.5, 0.6) is 0 Å². The van der Waals surface area contributed by atoms with Crippen molar-refractivity contribution in [3.8, 4) is 11.3 Å². The van der Waals surface area contributed by atoms with Crippen LogP contribution >= 0.6 is 0 Å². The number of nitrogens with one attached hydrogen (secondary N) is 1. The fourth-order valence-electron chi connectivity index (χ4n) is 9.73. The molecule has 186 valence electrons. The van der Waals surface area contributed by atoms with Gasteiger partial charge >= 0.3 is 0 Å². The number of fused-ring (bicyclic) bond motifs is 3. The summed E-state index contributed by atoms with van der Waals surface area (Å²) in [4.78, 5) is 36.2. The van der Waals surface area contributed by atoms with Gasteiger partial charge in [0.15, 0.2) is 0 Å². The Labute approximate surface area is 210 Å². The zero-order valence-electron chi connectivity index (χ0n) is 20.7. The summed E-state index contributed by atoms with van der Waals surface area (Å²) in [5.41, 5.74) is 3.14. The Hall–Kier alpha value is -2.73. The van der Waals surface area contributed by atoms with E-state index in [1.165, 1.54) is 57.4 Å². The molecule has 6 bridgehead atoms. The van der Waals surface area contributed by atoms with Crippen molar-refractivity contribution in [2.24, 2.45) is 17.8 Å². The largest absolute Gasteiger partial charge is 0.328 e. The molecule has 1 aromatic carbocycles. The van der Waals surface area contributed by atoms with E-state index in [1.54, 1.807) is 12.3 Å². The second-order valence-corrected chi connectivity index (χ2v) is 12.5. The van der Waals surface area contributed by atoms with Crippen LogP contribution in [0.15, 0.2) is 52.2 Å². The minimum Gasteiger partial charge on any atom is -0.328 e. The number of nitrogens with zero attached hydrogens (tertiary/aromatic N) is 3. The highest BCUT2D eigenvalue weighted by Crippen LogP contribution is 2.65. The molecule has 1 N–H and O–H groups in total. The SMILES string of the molecule is O=c1ccc(-c2nc3ccccc3n(C3C[C@H]4CCC[C@@H](C3)N4C34C[C@@H]5CC3C[C@@H](C5)C4)c2=O)c[nH]1. The lowest BCUT2D eigenvalue weighted by Crippen LogP contribution is -2.63. The summed E-state index contributed by atoms with van der Waals surface area (Å²) in [5, 5.41) is 0. The van der Waals surface area contributed by atoms with Gasteiger partial charge in [-0.05, 0) is 93.7 Å².